The third-order valence-electron chi connectivity index (χ3n) is 2.23. The molecule has 0 fully saturated rings. The summed E-state index contributed by atoms with van der Waals surface area (Å²) in [6, 6.07) is 9.82. The van der Waals surface area contributed by atoms with Crippen LogP contribution in [-0.4, -0.2) is 20.2 Å². The molecule has 0 aliphatic heterocycles. The minimum Gasteiger partial charge on any atom is -0.198 e. The van der Waals surface area contributed by atoms with E-state index < -0.39 is 0 Å². The first-order valence-electron chi connectivity index (χ1n) is 5.13. The predicted molar refractivity (Wildman–Crippen MR) is 65.7 cm³/mol. The lowest BCUT2D eigenvalue weighted by atomic mass is 10.2. The third-order valence-corrected chi connectivity index (χ3v) is 2.92. The first kappa shape index (κ1) is 11.7. The van der Waals surface area contributed by atoms with Crippen LogP contribution in [0.2, 0.25) is 0 Å². The maximum Gasteiger partial charge on any atom is 0.206 e. The molecule has 2 rings (SSSR count). The second kappa shape index (κ2) is 5.06. The SMILES string of the molecule is C[C@@H](C#N)Cn1nnc(-c2ccccc2Br)n1. The van der Waals surface area contributed by atoms with Gasteiger partial charge >= 0.3 is 0 Å². The quantitative estimate of drug-likeness (QED) is 0.870. The zero-order valence-electron chi connectivity index (χ0n) is 9.21. The Morgan fingerprint density at radius 2 is 2.24 bits per heavy atom. The summed E-state index contributed by atoms with van der Waals surface area (Å²) in [5.41, 5.74) is 0.892. The van der Waals surface area contributed by atoms with E-state index in [1.54, 1.807) is 0 Å². The van der Waals surface area contributed by atoms with Crippen molar-refractivity contribution < 1.29 is 0 Å². The van der Waals surface area contributed by atoms with Gasteiger partial charge in [0.15, 0.2) is 0 Å². The number of tetrazole rings is 1. The van der Waals surface area contributed by atoms with Crippen LogP contribution in [0.4, 0.5) is 0 Å². The molecule has 0 aliphatic rings. The smallest absolute Gasteiger partial charge is 0.198 e. The molecule has 1 heterocycles. The summed E-state index contributed by atoms with van der Waals surface area (Å²) in [4.78, 5) is 1.45. The molecule has 86 valence electrons. The Balaban J connectivity index is 2.25. The summed E-state index contributed by atoms with van der Waals surface area (Å²) in [7, 11) is 0. The highest BCUT2D eigenvalue weighted by molar-refractivity contribution is 9.10. The zero-order chi connectivity index (χ0) is 12.3. The van der Waals surface area contributed by atoms with Gasteiger partial charge in [0.25, 0.3) is 0 Å². The normalized spacial score (nSPS) is 12.1. The van der Waals surface area contributed by atoms with Crippen molar-refractivity contribution in [3.05, 3.63) is 28.7 Å². The minimum absolute atomic E-state index is 0.128. The molecule has 1 aromatic heterocycles. The molecule has 0 amide bonds. The van der Waals surface area contributed by atoms with Crippen LogP contribution in [-0.2, 0) is 6.54 Å². The molecule has 6 heteroatoms. The second-order valence-electron chi connectivity index (χ2n) is 3.68. The Bertz CT molecular complexity index is 557. The standard InChI is InChI=1S/C11H10BrN5/c1-8(6-13)7-17-15-11(14-16-17)9-4-2-3-5-10(9)12/h2-5,8H,7H2,1H3/t8-/m0/s1. The van der Waals surface area contributed by atoms with Crippen LogP contribution in [0.1, 0.15) is 6.92 Å². The fourth-order valence-electron chi connectivity index (χ4n) is 1.36. The maximum absolute atomic E-state index is 8.72. The van der Waals surface area contributed by atoms with E-state index in [-0.39, 0.29) is 5.92 Å². The van der Waals surface area contributed by atoms with Gasteiger partial charge in [-0.1, -0.05) is 28.1 Å². The second-order valence-corrected chi connectivity index (χ2v) is 4.53. The molecule has 0 N–H and O–H groups in total. The highest BCUT2D eigenvalue weighted by atomic mass is 79.9. The van der Waals surface area contributed by atoms with Crippen LogP contribution >= 0.6 is 15.9 Å². The molecule has 5 nitrogen and oxygen atoms in total. The molecule has 0 saturated heterocycles. The van der Waals surface area contributed by atoms with E-state index in [0.29, 0.717) is 12.4 Å². The molecule has 17 heavy (non-hydrogen) atoms. The average molecular weight is 292 g/mol. The van der Waals surface area contributed by atoms with E-state index in [9.17, 15) is 0 Å². The molecule has 0 bridgehead atoms. The van der Waals surface area contributed by atoms with Gasteiger partial charge in [-0.05, 0) is 24.3 Å². The van der Waals surface area contributed by atoms with Crippen molar-refractivity contribution in [2.75, 3.05) is 0 Å². The van der Waals surface area contributed by atoms with Crippen molar-refractivity contribution >= 4 is 15.9 Å². The van der Waals surface area contributed by atoms with Crippen molar-refractivity contribution in [1.82, 2.24) is 20.2 Å². The molecule has 2 aromatic rings. The first-order chi connectivity index (χ1) is 8.20. The molecule has 0 unspecified atom stereocenters. The fourth-order valence-corrected chi connectivity index (χ4v) is 1.82. The lowest BCUT2D eigenvalue weighted by molar-refractivity contribution is 0.463. The molecule has 1 atom stereocenters. The highest BCUT2D eigenvalue weighted by Gasteiger charge is 2.10. The van der Waals surface area contributed by atoms with E-state index in [2.05, 4.69) is 37.4 Å². The molecule has 0 saturated carbocycles. The summed E-state index contributed by atoms with van der Waals surface area (Å²) in [5.74, 6) is 0.430. The lowest BCUT2D eigenvalue weighted by Crippen LogP contribution is -2.09. The largest absolute Gasteiger partial charge is 0.206 e. The van der Waals surface area contributed by atoms with Crippen LogP contribution in [0, 0.1) is 17.2 Å². The van der Waals surface area contributed by atoms with Gasteiger partial charge in [0.1, 0.15) is 0 Å². The number of hydrogen-bond acceptors (Lipinski definition) is 4. The maximum atomic E-state index is 8.72. The van der Waals surface area contributed by atoms with Gasteiger partial charge in [-0.2, -0.15) is 10.1 Å². The number of nitriles is 1. The molecular weight excluding hydrogens is 282 g/mol. The van der Waals surface area contributed by atoms with Crippen molar-refractivity contribution in [3.63, 3.8) is 0 Å². The van der Waals surface area contributed by atoms with Crippen molar-refractivity contribution in [2.24, 2.45) is 5.92 Å². The van der Waals surface area contributed by atoms with E-state index in [0.717, 1.165) is 10.0 Å². The van der Waals surface area contributed by atoms with Crippen LogP contribution in [0.5, 0.6) is 0 Å². The molecule has 0 spiro atoms. The van der Waals surface area contributed by atoms with Crippen molar-refractivity contribution in [2.45, 2.75) is 13.5 Å². The van der Waals surface area contributed by atoms with E-state index >= 15 is 0 Å². The van der Waals surface area contributed by atoms with Crippen LogP contribution in [0.3, 0.4) is 0 Å². The Morgan fingerprint density at radius 1 is 1.47 bits per heavy atom. The van der Waals surface area contributed by atoms with Crippen molar-refractivity contribution in [3.8, 4) is 17.5 Å². The summed E-state index contributed by atoms with van der Waals surface area (Å²) < 4.78 is 0.924. The summed E-state index contributed by atoms with van der Waals surface area (Å²) in [6.07, 6.45) is 0. The van der Waals surface area contributed by atoms with E-state index in [1.807, 2.05) is 31.2 Å². The third kappa shape index (κ3) is 2.68. The average Bonchev–Trinajstić information content (AvgIpc) is 2.78. The van der Waals surface area contributed by atoms with E-state index in [1.165, 1.54) is 4.80 Å². The molecule has 0 radical (unpaired) electrons. The molecule has 0 aliphatic carbocycles. The van der Waals surface area contributed by atoms with Crippen LogP contribution < -0.4 is 0 Å². The van der Waals surface area contributed by atoms with Crippen molar-refractivity contribution in [1.29, 1.82) is 5.26 Å². The Kier molecular flexibility index (Phi) is 3.49. The Hall–Kier alpha value is -1.74. The van der Waals surface area contributed by atoms with Crippen LogP contribution in [0.15, 0.2) is 28.7 Å². The predicted octanol–water partition coefficient (Wildman–Crippen LogP) is 2.26. The summed E-state index contributed by atoms with van der Waals surface area (Å²) in [6.45, 7) is 2.27. The Morgan fingerprint density at radius 3 is 2.94 bits per heavy atom. The zero-order valence-corrected chi connectivity index (χ0v) is 10.8. The number of nitrogens with zero attached hydrogens (tertiary/aromatic N) is 5. The molecule has 1 aromatic carbocycles. The number of halogens is 1. The summed E-state index contributed by atoms with van der Waals surface area (Å²) >= 11 is 3.44. The monoisotopic (exact) mass is 291 g/mol. The summed E-state index contributed by atoms with van der Waals surface area (Å²) in [5, 5.41) is 20.9. The Labute approximate surface area is 107 Å². The minimum atomic E-state index is -0.128. The molecular formula is C11H10BrN5. The highest BCUT2D eigenvalue weighted by Crippen LogP contribution is 2.24. The van der Waals surface area contributed by atoms with Gasteiger partial charge in [0.05, 0.1) is 18.5 Å². The number of benzene rings is 1. The van der Waals surface area contributed by atoms with Gasteiger partial charge in [-0.25, -0.2) is 0 Å². The van der Waals surface area contributed by atoms with Crippen LogP contribution in [0.25, 0.3) is 11.4 Å². The van der Waals surface area contributed by atoms with Gasteiger partial charge in [0.2, 0.25) is 5.82 Å². The van der Waals surface area contributed by atoms with Gasteiger partial charge in [-0.15, -0.1) is 10.2 Å². The van der Waals surface area contributed by atoms with Gasteiger partial charge in [0, 0.05) is 10.0 Å². The number of rotatable bonds is 3. The topological polar surface area (TPSA) is 67.4 Å². The fraction of sp³-hybridized carbons (Fsp3) is 0.273. The number of hydrogen-bond donors (Lipinski definition) is 0. The lowest BCUT2D eigenvalue weighted by Gasteiger charge is -1.99. The number of aromatic nitrogens is 4. The van der Waals surface area contributed by atoms with Gasteiger partial charge < -0.3 is 0 Å². The van der Waals surface area contributed by atoms with E-state index in [4.69, 9.17) is 5.26 Å². The van der Waals surface area contributed by atoms with Gasteiger partial charge in [-0.3, -0.25) is 0 Å². The first-order valence-corrected chi connectivity index (χ1v) is 5.92.